The standard InChI is InChI=1S/C36H38BrN3O6S/c1-36(2,3)38-35(42)31(22-26-11-6-4-7-12-26)39(24-27-13-10-14-28(37)21-27)34(41)25-40(47(43,44)30-15-8-5-9-16-30)29-17-18-32-33(23-29)46-20-19-45-32/h4-18,21,23,31H,19-20,22,24-25H2,1-3H3,(H,38,42)/t31-/m0/s1. The van der Waals surface area contributed by atoms with E-state index in [4.69, 9.17) is 9.47 Å². The van der Waals surface area contributed by atoms with E-state index in [1.165, 1.54) is 17.0 Å². The van der Waals surface area contributed by atoms with Crippen molar-refractivity contribution in [2.24, 2.45) is 0 Å². The lowest BCUT2D eigenvalue weighted by atomic mass is 10.0. The van der Waals surface area contributed by atoms with Crippen molar-refractivity contribution in [1.29, 1.82) is 0 Å². The lowest BCUT2D eigenvalue weighted by molar-refractivity contribution is -0.140. The topological polar surface area (TPSA) is 105 Å². The number of carbonyl (C=O) groups excluding carboxylic acids is 2. The minimum Gasteiger partial charge on any atom is -0.486 e. The molecule has 0 aromatic heterocycles. The summed E-state index contributed by atoms with van der Waals surface area (Å²) in [7, 11) is -4.24. The van der Waals surface area contributed by atoms with E-state index in [0.717, 1.165) is 19.9 Å². The van der Waals surface area contributed by atoms with Gasteiger partial charge in [-0.25, -0.2) is 8.42 Å². The van der Waals surface area contributed by atoms with Crippen LogP contribution < -0.4 is 19.1 Å². The average Bonchev–Trinajstić information content (AvgIpc) is 3.05. The van der Waals surface area contributed by atoms with Crippen molar-refractivity contribution in [3.8, 4) is 11.5 Å². The van der Waals surface area contributed by atoms with E-state index in [1.54, 1.807) is 36.4 Å². The number of nitrogens with one attached hydrogen (secondary N) is 1. The number of sulfonamides is 1. The van der Waals surface area contributed by atoms with Gasteiger partial charge in [0.2, 0.25) is 11.8 Å². The van der Waals surface area contributed by atoms with E-state index in [1.807, 2.05) is 75.4 Å². The van der Waals surface area contributed by atoms with Gasteiger partial charge in [0.15, 0.2) is 11.5 Å². The highest BCUT2D eigenvalue weighted by atomic mass is 79.9. The van der Waals surface area contributed by atoms with Crippen LogP contribution in [0.3, 0.4) is 0 Å². The summed E-state index contributed by atoms with van der Waals surface area (Å²) in [5.74, 6) is -0.0285. The fourth-order valence-corrected chi connectivity index (χ4v) is 7.15. The number of nitrogens with zero attached hydrogens (tertiary/aromatic N) is 2. The van der Waals surface area contributed by atoms with Gasteiger partial charge in [0.1, 0.15) is 25.8 Å². The molecule has 0 saturated heterocycles. The fourth-order valence-electron chi connectivity index (χ4n) is 5.27. The van der Waals surface area contributed by atoms with Gasteiger partial charge < -0.3 is 19.7 Å². The summed E-state index contributed by atoms with van der Waals surface area (Å²) in [6, 6.07) is 28.7. The Balaban J connectivity index is 1.60. The molecule has 4 aromatic carbocycles. The number of anilines is 1. The van der Waals surface area contributed by atoms with E-state index >= 15 is 0 Å². The first-order valence-electron chi connectivity index (χ1n) is 15.3. The number of carbonyl (C=O) groups is 2. The summed E-state index contributed by atoms with van der Waals surface area (Å²) >= 11 is 3.51. The Morgan fingerprint density at radius 3 is 2.13 bits per heavy atom. The number of rotatable bonds is 11. The molecule has 47 heavy (non-hydrogen) atoms. The number of benzene rings is 4. The number of hydrogen-bond donors (Lipinski definition) is 1. The lowest BCUT2D eigenvalue weighted by Crippen LogP contribution is -2.56. The Morgan fingerprint density at radius 2 is 1.47 bits per heavy atom. The average molecular weight is 721 g/mol. The SMILES string of the molecule is CC(C)(C)NC(=O)[C@H](Cc1ccccc1)N(Cc1cccc(Br)c1)C(=O)CN(c1ccc2c(c1)OCCO2)S(=O)(=O)c1ccccc1. The maximum absolute atomic E-state index is 14.7. The Labute approximate surface area is 284 Å². The molecule has 0 saturated carbocycles. The molecule has 1 N–H and O–H groups in total. The molecule has 0 aliphatic carbocycles. The first-order chi connectivity index (χ1) is 22.4. The maximum atomic E-state index is 14.7. The first-order valence-corrected chi connectivity index (χ1v) is 17.5. The van der Waals surface area contributed by atoms with Crippen LogP contribution in [0.25, 0.3) is 0 Å². The van der Waals surface area contributed by atoms with Crippen LogP contribution in [0.5, 0.6) is 11.5 Å². The highest BCUT2D eigenvalue weighted by Crippen LogP contribution is 2.36. The van der Waals surface area contributed by atoms with Crippen LogP contribution in [0.1, 0.15) is 31.9 Å². The highest BCUT2D eigenvalue weighted by molar-refractivity contribution is 9.10. The molecule has 5 rings (SSSR count). The van der Waals surface area contributed by atoms with Crippen molar-refractivity contribution >= 4 is 43.5 Å². The van der Waals surface area contributed by atoms with E-state index in [2.05, 4.69) is 21.2 Å². The molecule has 0 fully saturated rings. The molecule has 0 radical (unpaired) electrons. The summed E-state index contributed by atoms with van der Waals surface area (Å²) in [6.45, 7) is 5.81. The normalized spacial score (nSPS) is 13.4. The summed E-state index contributed by atoms with van der Waals surface area (Å²) in [5, 5.41) is 3.04. The van der Waals surface area contributed by atoms with Crippen molar-refractivity contribution in [2.75, 3.05) is 24.1 Å². The second-order valence-electron chi connectivity index (χ2n) is 12.2. The van der Waals surface area contributed by atoms with Crippen molar-refractivity contribution in [3.05, 3.63) is 119 Å². The second kappa shape index (κ2) is 14.6. The van der Waals surface area contributed by atoms with Gasteiger partial charge in [-0.1, -0.05) is 76.6 Å². The molecule has 9 nitrogen and oxygen atoms in total. The van der Waals surface area contributed by atoms with Crippen molar-refractivity contribution in [3.63, 3.8) is 0 Å². The molecule has 1 aliphatic heterocycles. The first kappa shape index (κ1) is 34.0. The van der Waals surface area contributed by atoms with Gasteiger partial charge in [0.05, 0.1) is 10.6 Å². The minimum absolute atomic E-state index is 0.0209. The number of halogens is 1. The van der Waals surface area contributed by atoms with E-state index in [9.17, 15) is 18.0 Å². The largest absolute Gasteiger partial charge is 0.486 e. The van der Waals surface area contributed by atoms with Crippen LogP contribution in [0.15, 0.2) is 112 Å². The second-order valence-corrected chi connectivity index (χ2v) is 15.0. The molecule has 1 aliphatic rings. The number of hydrogen-bond acceptors (Lipinski definition) is 6. The highest BCUT2D eigenvalue weighted by Gasteiger charge is 2.36. The van der Waals surface area contributed by atoms with Crippen molar-refractivity contribution in [1.82, 2.24) is 10.2 Å². The third kappa shape index (κ3) is 8.72. The molecule has 246 valence electrons. The summed E-state index contributed by atoms with van der Waals surface area (Å²) in [5.41, 5.74) is 1.28. The molecular weight excluding hydrogens is 682 g/mol. The Bertz CT molecular complexity index is 1810. The minimum atomic E-state index is -4.24. The Morgan fingerprint density at radius 1 is 0.830 bits per heavy atom. The third-order valence-corrected chi connectivity index (χ3v) is 9.72. The zero-order chi connectivity index (χ0) is 33.6. The predicted molar refractivity (Wildman–Crippen MR) is 185 cm³/mol. The molecule has 0 spiro atoms. The predicted octanol–water partition coefficient (Wildman–Crippen LogP) is 5.97. The number of ether oxygens (including phenoxy) is 2. The molecule has 1 heterocycles. The lowest BCUT2D eigenvalue weighted by Gasteiger charge is -2.35. The number of amides is 2. The molecule has 2 amide bonds. The quantitative estimate of drug-likeness (QED) is 0.205. The molecule has 0 bridgehead atoms. The Kier molecular flexibility index (Phi) is 10.6. The van der Waals surface area contributed by atoms with Gasteiger partial charge in [-0.05, 0) is 68.3 Å². The molecular formula is C36H38BrN3O6S. The summed E-state index contributed by atoms with van der Waals surface area (Å²) < 4.78 is 41.8. The van der Waals surface area contributed by atoms with Crippen molar-refractivity contribution < 1.29 is 27.5 Å². The maximum Gasteiger partial charge on any atom is 0.264 e. The molecule has 1 atom stereocenters. The van der Waals surface area contributed by atoms with E-state index in [0.29, 0.717) is 24.7 Å². The van der Waals surface area contributed by atoms with Gasteiger partial charge in [0.25, 0.3) is 10.0 Å². The van der Waals surface area contributed by atoms with E-state index < -0.39 is 34.1 Å². The van der Waals surface area contributed by atoms with Crippen LogP contribution in [0.2, 0.25) is 0 Å². The summed E-state index contributed by atoms with van der Waals surface area (Å²) in [4.78, 5) is 30.2. The molecule has 4 aromatic rings. The molecule has 11 heteroatoms. The van der Waals surface area contributed by atoms with Crippen LogP contribution >= 0.6 is 15.9 Å². The zero-order valence-electron chi connectivity index (χ0n) is 26.6. The number of fused-ring (bicyclic) bond motifs is 1. The van der Waals surface area contributed by atoms with Crippen LogP contribution in [-0.2, 0) is 32.6 Å². The third-order valence-electron chi connectivity index (χ3n) is 7.44. The van der Waals surface area contributed by atoms with Gasteiger partial charge in [-0.15, -0.1) is 0 Å². The van der Waals surface area contributed by atoms with E-state index in [-0.39, 0.29) is 29.5 Å². The fraction of sp³-hybridized carbons (Fsp3) is 0.278. The molecule has 0 unspecified atom stereocenters. The van der Waals surface area contributed by atoms with Crippen LogP contribution in [-0.4, -0.2) is 56.5 Å². The van der Waals surface area contributed by atoms with Crippen molar-refractivity contribution in [2.45, 2.75) is 50.2 Å². The van der Waals surface area contributed by atoms with Crippen LogP contribution in [0.4, 0.5) is 5.69 Å². The van der Waals surface area contributed by atoms with Crippen LogP contribution in [0, 0.1) is 0 Å². The summed E-state index contributed by atoms with van der Waals surface area (Å²) in [6.07, 6.45) is 0.220. The smallest absolute Gasteiger partial charge is 0.264 e. The van der Waals surface area contributed by atoms with Gasteiger partial charge >= 0.3 is 0 Å². The zero-order valence-corrected chi connectivity index (χ0v) is 29.0. The Hall–Kier alpha value is -4.35. The van der Waals surface area contributed by atoms with Gasteiger partial charge in [0, 0.05) is 29.0 Å². The van der Waals surface area contributed by atoms with Gasteiger partial charge in [-0.2, -0.15) is 0 Å². The monoisotopic (exact) mass is 719 g/mol. The van der Waals surface area contributed by atoms with Gasteiger partial charge in [-0.3, -0.25) is 13.9 Å².